The van der Waals surface area contributed by atoms with Crippen LogP contribution in [0.2, 0.25) is 0 Å². The average Bonchev–Trinajstić information content (AvgIpc) is 2.16. The Morgan fingerprint density at radius 1 is 1.36 bits per heavy atom. The van der Waals surface area contributed by atoms with Crippen LogP contribution in [0.3, 0.4) is 0 Å². The van der Waals surface area contributed by atoms with Gasteiger partial charge < -0.3 is 16.2 Å². The molecule has 74 valence electrons. The van der Waals surface area contributed by atoms with Crippen molar-refractivity contribution in [2.45, 2.75) is 0 Å². The molecular weight excluding hydrogens is 188 g/mol. The molecule has 1 aliphatic heterocycles. The van der Waals surface area contributed by atoms with Gasteiger partial charge in [0.1, 0.15) is 6.61 Å². The highest BCUT2D eigenvalue weighted by molar-refractivity contribution is 6.09. The Morgan fingerprint density at radius 2 is 2.00 bits per heavy atom. The summed E-state index contributed by atoms with van der Waals surface area (Å²) in [6, 6.07) is 0. The predicted octanol–water partition coefficient (Wildman–Crippen LogP) is -1.63. The van der Waals surface area contributed by atoms with Crippen LogP contribution in [0.25, 0.3) is 0 Å². The number of hydrogen-bond donors (Lipinski definition) is 2. The molecule has 1 aliphatic rings. The Labute approximate surface area is 79.2 Å². The summed E-state index contributed by atoms with van der Waals surface area (Å²) in [7, 11) is 0. The number of primary amides is 2. The van der Waals surface area contributed by atoms with Gasteiger partial charge in [0.15, 0.2) is 12.0 Å². The van der Waals surface area contributed by atoms with Gasteiger partial charge in [0, 0.05) is 0 Å². The van der Waals surface area contributed by atoms with E-state index in [9.17, 15) is 14.4 Å². The lowest BCUT2D eigenvalue weighted by atomic mass is 10.0. The molecule has 6 heteroatoms. The zero-order valence-electron chi connectivity index (χ0n) is 7.15. The summed E-state index contributed by atoms with van der Waals surface area (Å²) in [6.45, 7) is -0.00606. The van der Waals surface area contributed by atoms with Crippen LogP contribution in [-0.4, -0.2) is 24.7 Å². The smallest absolute Gasteiger partial charge is 0.284 e. The number of carbonyl (C=O) groups excluding carboxylic acids is 3. The number of ether oxygens (including phenoxy) is 1. The monoisotopic (exact) mass is 196 g/mol. The number of amides is 2. The molecule has 0 bridgehead atoms. The van der Waals surface area contributed by atoms with E-state index in [1.165, 1.54) is 6.08 Å². The van der Waals surface area contributed by atoms with Crippen LogP contribution in [0.5, 0.6) is 0 Å². The fourth-order valence-corrected chi connectivity index (χ4v) is 1.07. The minimum atomic E-state index is -0.904. The molecular formula is C8H8N2O4. The standard InChI is InChI=1S/C8H8N2O4/c9-7(12)4-1-2-14-6(8(10)13)5(4)3-11/h1,3H,2H2,(H2,9,12)(H2,10,13). The van der Waals surface area contributed by atoms with E-state index in [2.05, 4.69) is 0 Å². The second kappa shape index (κ2) is 3.73. The van der Waals surface area contributed by atoms with Gasteiger partial charge in [-0.05, 0) is 6.08 Å². The molecule has 1 rings (SSSR count). The van der Waals surface area contributed by atoms with Crippen molar-refractivity contribution < 1.29 is 19.1 Å². The highest BCUT2D eigenvalue weighted by Gasteiger charge is 2.23. The number of rotatable bonds is 3. The molecule has 0 saturated carbocycles. The maximum absolute atomic E-state index is 10.8. The van der Waals surface area contributed by atoms with Gasteiger partial charge in [-0.1, -0.05) is 0 Å². The molecule has 0 unspecified atom stereocenters. The average molecular weight is 196 g/mol. The van der Waals surface area contributed by atoms with Gasteiger partial charge >= 0.3 is 0 Å². The highest BCUT2D eigenvalue weighted by atomic mass is 16.5. The molecule has 1 heterocycles. The van der Waals surface area contributed by atoms with Crippen molar-refractivity contribution in [2.75, 3.05) is 6.61 Å². The largest absolute Gasteiger partial charge is 0.483 e. The Morgan fingerprint density at radius 3 is 2.43 bits per heavy atom. The first-order valence-corrected chi connectivity index (χ1v) is 3.70. The first-order valence-electron chi connectivity index (χ1n) is 3.70. The third-order valence-electron chi connectivity index (χ3n) is 1.66. The Hall–Kier alpha value is -2.11. The molecule has 6 nitrogen and oxygen atoms in total. The second-order valence-electron chi connectivity index (χ2n) is 2.52. The lowest BCUT2D eigenvalue weighted by molar-refractivity contribution is -0.118. The van der Waals surface area contributed by atoms with Crippen molar-refractivity contribution in [3.8, 4) is 0 Å². The quantitative estimate of drug-likeness (QED) is 0.527. The number of nitrogens with two attached hydrogens (primary N) is 2. The predicted molar refractivity (Wildman–Crippen MR) is 45.5 cm³/mol. The molecule has 0 spiro atoms. The summed E-state index contributed by atoms with van der Waals surface area (Å²) in [5.74, 6) is -2.02. The van der Waals surface area contributed by atoms with Crippen molar-refractivity contribution in [3.05, 3.63) is 23.0 Å². The van der Waals surface area contributed by atoms with Crippen LogP contribution in [0.1, 0.15) is 0 Å². The molecule has 0 atom stereocenters. The Bertz CT molecular complexity index is 368. The topological polar surface area (TPSA) is 112 Å². The number of carbonyl (C=O) groups is 3. The van der Waals surface area contributed by atoms with E-state index >= 15 is 0 Å². The molecule has 0 radical (unpaired) electrons. The van der Waals surface area contributed by atoms with E-state index in [0.29, 0.717) is 6.29 Å². The highest BCUT2D eigenvalue weighted by Crippen LogP contribution is 2.18. The molecule has 2 amide bonds. The molecule has 4 N–H and O–H groups in total. The molecule has 0 fully saturated rings. The minimum absolute atomic E-state index is 0.00606. The third-order valence-corrected chi connectivity index (χ3v) is 1.66. The molecule has 0 aromatic rings. The van der Waals surface area contributed by atoms with Gasteiger partial charge in [-0.3, -0.25) is 14.4 Å². The van der Waals surface area contributed by atoms with Gasteiger partial charge in [0.25, 0.3) is 5.91 Å². The summed E-state index contributed by atoms with van der Waals surface area (Å²) in [4.78, 5) is 32.2. The molecule has 14 heavy (non-hydrogen) atoms. The van der Waals surface area contributed by atoms with E-state index in [1.54, 1.807) is 0 Å². The van der Waals surface area contributed by atoms with Crippen molar-refractivity contribution in [1.82, 2.24) is 0 Å². The zero-order chi connectivity index (χ0) is 10.7. The van der Waals surface area contributed by atoms with Gasteiger partial charge in [0.05, 0.1) is 11.1 Å². The maximum Gasteiger partial charge on any atom is 0.284 e. The van der Waals surface area contributed by atoms with E-state index in [4.69, 9.17) is 16.2 Å². The van der Waals surface area contributed by atoms with E-state index in [0.717, 1.165) is 0 Å². The second-order valence-corrected chi connectivity index (χ2v) is 2.52. The first kappa shape index (κ1) is 9.97. The van der Waals surface area contributed by atoms with Crippen molar-refractivity contribution in [3.63, 3.8) is 0 Å². The van der Waals surface area contributed by atoms with Crippen molar-refractivity contribution in [2.24, 2.45) is 11.5 Å². The van der Waals surface area contributed by atoms with E-state index < -0.39 is 11.8 Å². The van der Waals surface area contributed by atoms with Crippen molar-refractivity contribution >= 4 is 18.1 Å². The normalized spacial score (nSPS) is 15.6. The van der Waals surface area contributed by atoms with Gasteiger partial charge in [-0.25, -0.2) is 0 Å². The summed E-state index contributed by atoms with van der Waals surface area (Å²) in [5.41, 5.74) is 9.68. The lowest BCUT2D eigenvalue weighted by Crippen LogP contribution is -2.26. The third kappa shape index (κ3) is 1.63. The molecule has 0 aliphatic carbocycles. The summed E-state index contributed by atoms with van der Waals surface area (Å²) in [6.07, 6.45) is 1.63. The fraction of sp³-hybridized carbons (Fsp3) is 0.125. The minimum Gasteiger partial charge on any atom is -0.483 e. The first-order chi connectivity index (χ1) is 6.57. The van der Waals surface area contributed by atoms with E-state index in [-0.39, 0.29) is 23.5 Å². The summed E-state index contributed by atoms with van der Waals surface area (Å²) in [5, 5.41) is 0. The van der Waals surface area contributed by atoms with Gasteiger partial charge in [-0.15, -0.1) is 0 Å². The summed E-state index contributed by atoms with van der Waals surface area (Å²) >= 11 is 0. The van der Waals surface area contributed by atoms with Crippen LogP contribution in [0.4, 0.5) is 0 Å². The van der Waals surface area contributed by atoms with Crippen LogP contribution in [-0.2, 0) is 19.1 Å². The fourth-order valence-electron chi connectivity index (χ4n) is 1.07. The van der Waals surface area contributed by atoms with Gasteiger partial charge in [-0.2, -0.15) is 0 Å². The van der Waals surface area contributed by atoms with Crippen molar-refractivity contribution in [1.29, 1.82) is 0 Å². The number of aldehydes is 1. The molecule has 0 saturated heterocycles. The van der Waals surface area contributed by atoms with E-state index in [1.807, 2.05) is 0 Å². The zero-order valence-corrected chi connectivity index (χ0v) is 7.15. The molecule has 0 aromatic heterocycles. The van der Waals surface area contributed by atoms with Crippen LogP contribution < -0.4 is 11.5 Å². The Kier molecular flexibility index (Phi) is 2.66. The van der Waals surface area contributed by atoms with Crippen LogP contribution in [0.15, 0.2) is 23.0 Å². The SMILES string of the molecule is NC(=O)C1=CCOC(C(N)=O)=C1C=O. The molecule has 0 aromatic carbocycles. The van der Waals surface area contributed by atoms with Crippen LogP contribution >= 0.6 is 0 Å². The maximum atomic E-state index is 10.8. The van der Waals surface area contributed by atoms with Crippen LogP contribution in [0, 0.1) is 0 Å². The number of hydrogen-bond acceptors (Lipinski definition) is 4. The van der Waals surface area contributed by atoms with Gasteiger partial charge in [0.2, 0.25) is 5.91 Å². The lowest BCUT2D eigenvalue weighted by Gasteiger charge is -2.14. The Balaban J connectivity index is 3.23. The summed E-state index contributed by atoms with van der Waals surface area (Å²) < 4.78 is 4.81.